The Bertz CT molecular complexity index is 625. The van der Waals surface area contributed by atoms with Gasteiger partial charge >= 0.3 is 0 Å². The quantitative estimate of drug-likeness (QED) is 0.845. The van der Waals surface area contributed by atoms with Gasteiger partial charge in [0.15, 0.2) is 0 Å². The third-order valence-electron chi connectivity index (χ3n) is 3.75. The van der Waals surface area contributed by atoms with E-state index in [-0.39, 0.29) is 0 Å². The summed E-state index contributed by atoms with van der Waals surface area (Å²) >= 11 is 0. The maximum absolute atomic E-state index is 5.20. The fourth-order valence-electron chi connectivity index (χ4n) is 2.48. The number of hydrogen-bond donors (Lipinski definition) is 0. The zero-order valence-electron chi connectivity index (χ0n) is 13.5. The van der Waals surface area contributed by atoms with Gasteiger partial charge in [-0.3, -0.25) is 0 Å². The number of hydrogen-bond acceptors (Lipinski definition) is 6. The monoisotopic (exact) mass is 324 g/mol. The summed E-state index contributed by atoms with van der Waals surface area (Å²) in [4.78, 5) is 16.1. The summed E-state index contributed by atoms with van der Waals surface area (Å²) in [5.74, 6) is 0. The minimum absolute atomic E-state index is 0.708. The molecule has 0 saturated carbocycles. The third kappa shape index (κ3) is 4.78. The van der Waals surface area contributed by atoms with Crippen molar-refractivity contribution in [3.05, 3.63) is 60.7 Å². The second-order valence-corrected chi connectivity index (χ2v) is 5.30. The van der Waals surface area contributed by atoms with E-state index in [1.54, 1.807) is 25.0 Å². The third-order valence-corrected chi connectivity index (χ3v) is 3.75. The second kappa shape index (κ2) is 9.00. The van der Waals surface area contributed by atoms with E-state index in [1.165, 1.54) is 11.1 Å². The Labute approximate surface area is 141 Å². The van der Waals surface area contributed by atoms with Crippen LogP contribution in [0.3, 0.4) is 0 Å². The minimum Gasteiger partial charge on any atom is -0.377 e. The van der Waals surface area contributed by atoms with Gasteiger partial charge in [0.25, 0.3) is 0 Å². The van der Waals surface area contributed by atoms with Gasteiger partial charge in [-0.2, -0.15) is 0 Å². The van der Waals surface area contributed by atoms with Crippen LogP contribution < -0.4 is 0 Å². The Morgan fingerprint density at radius 1 is 0.708 bits per heavy atom. The smallest absolute Gasteiger partial charge is 0.116 e. The molecule has 0 atom stereocenters. The number of rotatable bonds is 2. The van der Waals surface area contributed by atoms with Crippen molar-refractivity contribution >= 4 is 11.1 Å². The van der Waals surface area contributed by atoms with E-state index in [0.717, 1.165) is 37.4 Å². The molecule has 0 N–H and O–H groups in total. The predicted molar refractivity (Wildman–Crippen MR) is 90.9 cm³/mol. The molecule has 2 aliphatic rings. The van der Waals surface area contributed by atoms with E-state index in [1.807, 2.05) is 12.1 Å². The first-order valence-electron chi connectivity index (χ1n) is 8.00. The molecule has 0 saturated heterocycles. The van der Waals surface area contributed by atoms with Crippen molar-refractivity contribution < 1.29 is 9.47 Å². The van der Waals surface area contributed by atoms with Crippen LogP contribution in [0.25, 0.3) is 11.1 Å². The van der Waals surface area contributed by atoms with E-state index in [2.05, 4.69) is 32.1 Å². The molecule has 0 fully saturated rings. The van der Waals surface area contributed by atoms with Crippen LogP contribution in [-0.4, -0.2) is 46.4 Å². The molecule has 124 valence electrons. The molecule has 0 bridgehead atoms. The molecule has 24 heavy (non-hydrogen) atoms. The summed E-state index contributed by atoms with van der Waals surface area (Å²) < 4.78 is 10.4. The highest BCUT2D eigenvalue weighted by molar-refractivity contribution is 5.63. The first kappa shape index (κ1) is 16.4. The van der Waals surface area contributed by atoms with Crippen molar-refractivity contribution in [1.82, 2.24) is 19.9 Å². The maximum atomic E-state index is 5.20. The van der Waals surface area contributed by atoms with Gasteiger partial charge in [-0.05, 0) is 36.1 Å². The Morgan fingerprint density at radius 3 is 1.54 bits per heavy atom. The lowest BCUT2D eigenvalue weighted by Crippen LogP contribution is -2.04. The lowest BCUT2D eigenvalue weighted by molar-refractivity contribution is 0.161. The van der Waals surface area contributed by atoms with Gasteiger partial charge in [-0.25, -0.2) is 19.9 Å². The van der Waals surface area contributed by atoms with Gasteiger partial charge in [-0.15, -0.1) is 0 Å². The van der Waals surface area contributed by atoms with Crippen molar-refractivity contribution in [1.29, 1.82) is 0 Å². The van der Waals surface area contributed by atoms with Crippen LogP contribution in [0.4, 0.5) is 0 Å². The van der Waals surface area contributed by atoms with E-state index in [9.17, 15) is 0 Å². The van der Waals surface area contributed by atoms with Crippen molar-refractivity contribution in [3.63, 3.8) is 0 Å². The van der Waals surface area contributed by atoms with Gasteiger partial charge in [0.05, 0.1) is 37.8 Å². The van der Waals surface area contributed by atoms with Crippen LogP contribution in [0.5, 0.6) is 0 Å². The molecule has 0 radical (unpaired) electrons. The topological polar surface area (TPSA) is 70.0 Å². The average molecular weight is 324 g/mol. The normalized spacial score (nSPS) is 17.2. The SMILES string of the molecule is C1=C(c2ccncn2)CCOC1.C1=C(c2ccncn2)CCOC1. The number of aromatic nitrogens is 4. The highest BCUT2D eigenvalue weighted by Gasteiger charge is 2.06. The summed E-state index contributed by atoms with van der Waals surface area (Å²) in [5.41, 5.74) is 4.58. The molecular weight excluding hydrogens is 304 g/mol. The molecule has 0 amide bonds. The summed E-state index contributed by atoms with van der Waals surface area (Å²) in [6.07, 6.45) is 12.7. The second-order valence-electron chi connectivity index (χ2n) is 5.30. The molecule has 4 rings (SSSR count). The van der Waals surface area contributed by atoms with Crippen LogP contribution in [-0.2, 0) is 9.47 Å². The fourth-order valence-corrected chi connectivity index (χ4v) is 2.48. The lowest BCUT2D eigenvalue weighted by Gasteiger charge is -2.11. The molecular formula is C18H20N4O2. The predicted octanol–water partition coefficient (Wildman–Crippen LogP) is 2.56. The first-order chi connectivity index (χ1) is 11.9. The standard InChI is InChI=1S/2C9H10N2O/c2*1-4-10-7-11-9(1)8-2-5-12-6-3-8/h2*1-2,4,7H,3,5-6H2. The molecule has 2 aromatic heterocycles. The van der Waals surface area contributed by atoms with Gasteiger partial charge in [0.2, 0.25) is 0 Å². The van der Waals surface area contributed by atoms with Crippen LogP contribution >= 0.6 is 0 Å². The van der Waals surface area contributed by atoms with Gasteiger partial charge in [-0.1, -0.05) is 12.2 Å². The molecule has 0 aromatic carbocycles. The van der Waals surface area contributed by atoms with E-state index >= 15 is 0 Å². The highest BCUT2D eigenvalue weighted by atomic mass is 16.5. The zero-order valence-corrected chi connectivity index (χ0v) is 13.5. The van der Waals surface area contributed by atoms with Crippen LogP contribution in [0, 0.1) is 0 Å². The Kier molecular flexibility index (Phi) is 6.16. The van der Waals surface area contributed by atoms with Crippen molar-refractivity contribution in [3.8, 4) is 0 Å². The number of nitrogens with zero attached hydrogens (tertiary/aromatic N) is 4. The summed E-state index contributed by atoms with van der Waals surface area (Å²) in [7, 11) is 0. The molecule has 0 spiro atoms. The summed E-state index contributed by atoms with van der Waals surface area (Å²) in [6.45, 7) is 3.02. The van der Waals surface area contributed by atoms with Crippen molar-refractivity contribution in [2.24, 2.45) is 0 Å². The maximum Gasteiger partial charge on any atom is 0.116 e. The van der Waals surface area contributed by atoms with Gasteiger partial charge in [0.1, 0.15) is 12.7 Å². The molecule has 4 heterocycles. The molecule has 0 unspecified atom stereocenters. The molecule has 0 aliphatic carbocycles. The summed E-state index contributed by atoms with van der Waals surface area (Å²) in [6, 6.07) is 3.86. The Hall–Kier alpha value is -2.44. The van der Waals surface area contributed by atoms with E-state index in [0.29, 0.717) is 13.2 Å². The molecule has 6 heteroatoms. The lowest BCUT2D eigenvalue weighted by atomic mass is 10.1. The number of ether oxygens (including phenoxy) is 2. The Morgan fingerprint density at radius 2 is 1.21 bits per heavy atom. The van der Waals surface area contributed by atoms with Gasteiger partial charge < -0.3 is 9.47 Å². The van der Waals surface area contributed by atoms with Crippen LogP contribution in [0.1, 0.15) is 24.2 Å². The summed E-state index contributed by atoms with van der Waals surface area (Å²) in [5, 5.41) is 0. The van der Waals surface area contributed by atoms with E-state index in [4.69, 9.17) is 9.47 Å². The minimum atomic E-state index is 0.708. The fraction of sp³-hybridized carbons (Fsp3) is 0.333. The Balaban J connectivity index is 0.000000141. The van der Waals surface area contributed by atoms with Gasteiger partial charge in [0, 0.05) is 12.4 Å². The highest BCUT2D eigenvalue weighted by Crippen LogP contribution is 2.18. The molecule has 2 aliphatic heterocycles. The first-order valence-corrected chi connectivity index (χ1v) is 8.00. The largest absolute Gasteiger partial charge is 0.377 e. The van der Waals surface area contributed by atoms with Crippen molar-refractivity contribution in [2.45, 2.75) is 12.8 Å². The van der Waals surface area contributed by atoms with E-state index < -0.39 is 0 Å². The van der Waals surface area contributed by atoms with Crippen molar-refractivity contribution in [2.75, 3.05) is 26.4 Å². The van der Waals surface area contributed by atoms with Crippen LogP contribution in [0.2, 0.25) is 0 Å². The van der Waals surface area contributed by atoms with Crippen LogP contribution in [0.15, 0.2) is 49.3 Å². The zero-order chi connectivity index (χ0) is 16.5. The molecule has 2 aromatic rings. The molecule has 6 nitrogen and oxygen atoms in total. The average Bonchev–Trinajstić information content (AvgIpc) is 2.71.